The van der Waals surface area contributed by atoms with Crippen molar-refractivity contribution in [1.29, 1.82) is 0 Å². The van der Waals surface area contributed by atoms with E-state index in [0.717, 1.165) is 5.56 Å². The van der Waals surface area contributed by atoms with Gasteiger partial charge in [-0.2, -0.15) is 0 Å². The van der Waals surface area contributed by atoms with E-state index in [4.69, 9.17) is 0 Å². The maximum Gasteiger partial charge on any atom is 0.337 e. The molecule has 2 amide bonds. The normalized spacial score (nSPS) is 9.59. The molecular weight excluding hydrogens is 220 g/mol. The first-order valence-electron chi connectivity index (χ1n) is 5.17. The number of hydrogen-bond donors (Lipinski definition) is 1. The Balaban J connectivity index is 2.57. The van der Waals surface area contributed by atoms with Gasteiger partial charge in [0.05, 0.1) is 12.7 Å². The third-order valence-electron chi connectivity index (χ3n) is 2.22. The van der Waals surface area contributed by atoms with Crippen molar-refractivity contribution in [2.75, 3.05) is 21.2 Å². The molecule has 0 heterocycles. The van der Waals surface area contributed by atoms with Crippen molar-refractivity contribution < 1.29 is 14.3 Å². The highest BCUT2D eigenvalue weighted by Gasteiger charge is 2.05. The number of esters is 1. The molecular formula is C12H16N2O3. The Morgan fingerprint density at radius 2 is 1.82 bits per heavy atom. The van der Waals surface area contributed by atoms with Crippen molar-refractivity contribution in [2.24, 2.45) is 0 Å². The van der Waals surface area contributed by atoms with Crippen molar-refractivity contribution in [1.82, 2.24) is 10.2 Å². The summed E-state index contributed by atoms with van der Waals surface area (Å²) in [6, 6.07) is 6.75. The van der Waals surface area contributed by atoms with Gasteiger partial charge in [0.1, 0.15) is 0 Å². The standard InChI is InChI=1S/C12H16N2O3/c1-14(2)12(16)13-8-9-4-6-10(7-5-9)11(15)17-3/h4-7H,8H2,1-3H3,(H,13,16). The molecule has 92 valence electrons. The number of carbonyl (C=O) groups is 2. The summed E-state index contributed by atoms with van der Waals surface area (Å²) < 4.78 is 4.59. The van der Waals surface area contributed by atoms with Crippen LogP contribution in [0.1, 0.15) is 15.9 Å². The monoisotopic (exact) mass is 236 g/mol. The molecule has 1 rings (SSSR count). The Labute approximate surface area is 100 Å². The van der Waals surface area contributed by atoms with E-state index in [1.807, 2.05) is 0 Å². The quantitative estimate of drug-likeness (QED) is 0.803. The molecule has 0 saturated heterocycles. The van der Waals surface area contributed by atoms with E-state index in [-0.39, 0.29) is 12.0 Å². The van der Waals surface area contributed by atoms with Crippen molar-refractivity contribution in [2.45, 2.75) is 6.54 Å². The van der Waals surface area contributed by atoms with E-state index in [2.05, 4.69) is 10.1 Å². The predicted octanol–water partition coefficient (Wildman–Crippen LogP) is 1.24. The van der Waals surface area contributed by atoms with Gasteiger partial charge in [0, 0.05) is 20.6 Å². The summed E-state index contributed by atoms with van der Waals surface area (Å²) in [6.45, 7) is 0.429. The lowest BCUT2D eigenvalue weighted by Crippen LogP contribution is -2.33. The van der Waals surface area contributed by atoms with Gasteiger partial charge < -0.3 is 15.0 Å². The van der Waals surface area contributed by atoms with Crippen molar-refractivity contribution in [3.05, 3.63) is 35.4 Å². The fourth-order valence-electron chi connectivity index (χ4n) is 1.21. The Bertz CT molecular complexity index is 399. The molecule has 0 aliphatic carbocycles. The number of hydrogen-bond acceptors (Lipinski definition) is 3. The SMILES string of the molecule is COC(=O)c1ccc(CNC(=O)N(C)C)cc1. The number of carbonyl (C=O) groups excluding carboxylic acids is 2. The van der Waals surface area contributed by atoms with E-state index < -0.39 is 0 Å². The van der Waals surface area contributed by atoms with Gasteiger partial charge in [0.25, 0.3) is 0 Å². The molecule has 0 fully saturated rings. The maximum absolute atomic E-state index is 11.3. The first-order valence-corrected chi connectivity index (χ1v) is 5.17. The van der Waals surface area contributed by atoms with Crippen LogP contribution in [0.15, 0.2) is 24.3 Å². The molecule has 0 aliphatic rings. The lowest BCUT2D eigenvalue weighted by Gasteiger charge is -2.11. The van der Waals surface area contributed by atoms with Crippen LogP contribution in [0.5, 0.6) is 0 Å². The molecule has 0 saturated carbocycles. The van der Waals surface area contributed by atoms with E-state index in [1.165, 1.54) is 12.0 Å². The van der Waals surface area contributed by atoms with Crippen LogP contribution in [0.2, 0.25) is 0 Å². The lowest BCUT2D eigenvalue weighted by molar-refractivity contribution is 0.0600. The summed E-state index contributed by atoms with van der Waals surface area (Å²) in [5, 5.41) is 2.73. The summed E-state index contributed by atoms with van der Waals surface area (Å²) in [4.78, 5) is 23.9. The fraction of sp³-hybridized carbons (Fsp3) is 0.333. The maximum atomic E-state index is 11.3. The molecule has 5 heteroatoms. The van der Waals surface area contributed by atoms with Crippen LogP contribution in [0.4, 0.5) is 4.79 Å². The van der Waals surface area contributed by atoms with Crippen molar-refractivity contribution in [3.8, 4) is 0 Å². The van der Waals surface area contributed by atoms with Gasteiger partial charge >= 0.3 is 12.0 Å². The number of benzene rings is 1. The Kier molecular flexibility index (Phi) is 4.51. The predicted molar refractivity (Wildman–Crippen MR) is 63.7 cm³/mol. The van der Waals surface area contributed by atoms with Gasteiger partial charge in [-0.1, -0.05) is 12.1 Å². The Hall–Kier alpha value is -2.04. The second-order valence-electron chi connectivity index (χ2n) is 3.74. The zero-order chi connectivity index (χ0) is 12.8. The summed E-state index contributed by atoms with van der Waals surface area (Å²) in [5.41, 5.74) is 1.42. The average molecular weight is 236 g/mol. The second-order valence-corrected chi connectivity index (χ2v) is 3.74. The van der Waals surface area contributed by atoms with Crippen LogP contribution in [-0.2, 0) is 11.3 Å². The van der Waals surface area contributed by atoms with E-state index in [0.29, 0.717) is 12.1 Å². The fourth-order valence-corrected chi connectivity index (χ4v) is 1.21. The van der Waals surface area contributed by atoms with Crippen LogP contribution in [0.3, 0.4) is 0 Å². The smallest absolute Gasteiger partial charge is 0.337 e. The molecule has 0 spiro atoms. The molecule has 1 N–H and O–H groups in total. The summed E-state index contributed by atoms with van der Waals surface area (Å²) in [6.07, 6.45) is 0. The van der Waals surface area contributed by atoms with Crippen molar-refractivity contribution >= 4 is 12.0 Å². The lowest BCUT2D eigenvalue weighted by atomic mass is 10.1. The molecule has 0 atom stereocenters. The molecule has 0 radical (unpaired) electrons. The number of nitrogens with zero attached hydrogens (tertiary/aromatic N) is 1. The highest BCUT2D eigenvalue weighted by Crippen LogP contribution is 2.05. The van der Waals surface area contributed by atoms with Gasteiger partial charge in [0.2, 0.25) is 0 Å². The number of methoxy groups -OCH3 is 1. The van der Waals surface area contributed by atoms with Gasteiger partial charge in [0.15, 0.2) is 0 Å². The number of urea groups is 1. The van der Waals surface area contributed by atoms with Crippen LogP contribution in [0.25, 0.3) is 0 Å². The molecule has 17 heavy (non-hydrogen) atoms. The molecule has 0 aliphatic heterocycles. The molecule has 5 nitrogen and oxygen atoms in total. The van der Waals surface area contributed by atoms with Crippen molar-refractivity contribution in [3.63, 3.8) is 0 Å². The third-order valence-corrected chi connectivity index (χ3v) is 2.22. The van der Waals surface area contributed by atoms with Gasteiger partial charge in [-0.3, -0.25) is 0 Å². The van der Waals surface area contributed by atoms with E-state index in [1.54, 1.807) is 38.4 Å². The molecule has 1 aromatic carbocycles. The topological polar surface area (TPSA) is 58.6 Å². The van der Waals surface area contributed by atoms with E-state index >= 15 is 0 Å². The number of amides is 2. The highest BCUT2D eigenvalue weighted by molar-refractivity contribution is 5.89. The van der Waals surface area contributed by atoms with Crippen LogP contribution in [0, 0.1) is 0 Å². The Morgan fingerprint density at radius 1 is 1.24 bits per heavy atom. The molecule has 0 unspecified atom stereocenters. The summed E-state index contributed by atoms with van der Waals surface area (Å²) >= 11 is 0. The average Bonchev–Trinajstić information content (AvgIpc) is 2.35. The number of rotatable bonds is 3. The minimum atomic E-state index is -0.367. The summed E-state index contributed by atoms with van der Waals surface area (Å²) in [5.74, 6) is -0.367. The van der Waals surface area contributed by atoms with Crippen LogP contribution < -0.4 is 5.32 Å². The summed E-state index contributed by atoms with van der Waals surface area (Å²) in [7, 11) is 4.69. The largest absolute Gasteiger partial charge is 0.465 e. The molecule has 1 aromatic rings. The number of ether oxygens (including phenoxy) is 1. The zero-order valence-corrected chi connectivity index (χ0v) is 10.2. The van der Waals surface area contributed by atoms with E-state index in [9.17, 15) is 9.59 Å². The molecule has 0 aromatic heterocycles. The van der Waals surface area contributed by atoms with Crippen LogP contribution >= 0.6 is 0 Å². The van der Waals surface area contributed by atoms with Gasteiger partial charge in [-0.25, -0.2) is 9.59 Å². The van der Waals surface area contributed by atoms with Gasteiger partial charge in [-0.15, -0.1) is 0 Å². The first-order chi connectivity index (χ1) is 8.04. The van der Waals surface area contributed by atoms with Crippen LogP contribution in [-0.4, -0.2) is 38.1 Å². The first kappa shape index (κ1) is 13.0. The highest BCUT2D eigenvalue weighted by atomic mass is 16.5. The minimum Gasteiger partial charge on any atom is -0.465 e. The van der Waals surface area contributed by atoms with Gasteiger partial charge in [-0.05, 0) is 17.7 Å². The second kappa shape index (κ2) is 5.89. The minimum absolute atomic E-state index is 0.151. The Morgan fingerprint density at radius 3 is 2.29 bits per heavy atom. The third kappa shape index (κ3) is 3.79. The molecule has 0 bridgehead atoms. The zero-order valence-electron chi connectivity index (χ0n) is 10.2. The number of nitrogens with one attached hydrogen (secondary N) is 1.